The molecule has 1 saturated heterocycles. The highest BCUT2D eigenvalue weighted by atomic mass is 32.2. The zero-order valence-electron chi connectivity index (χ0n) is 16.2. The summed E-state index contributed by atoms with van der Waals surface area (Å²) >= 11 is 0. The summed E-state index contributed by atoms with van der Waals surface area (Å²) in [5.41, 5.74) is 0.405. The molecule has 7 nitrogen and oxygen atoms in total. The van der Waals surface area contributed by atoms with E-state index in [2.05, 4.69) is 5.32 Å². The van der Waals surface area contributed by atoms with Crippen molar-refractivity contribution in [3.05, 3.63) is 47.7 Å². The largest absolute Gasteiger partial charge is 0.450 e. The normalized spacial score (nSPS) is 20.8. The van der Waals surface area contributed by atoms with E-state index in [4.69, 9.17) is 9.15 Å². The minimum absolute atomic E-state index is 0.0374. The summed E-state index contributed by atoms with van der Waals surface area (Å²) in [7, 11) is -3.15. The molecule has 1 aliphatic rings. The fourth-order valence-corrected chi connectivity index (χ4v) is 5.92. The maximum atomic E-state index is 12.5. The Kier molecular flexibility index (Phi) is 4.61. The van der Waals surface area contributed by atoms with E-state index in [1.165, 1.54) is 0 Å². The van der Waals surface area contributed by atoms with Crippen LogP contribution in [-0.2, 0) is 19.4 Å². The zero-order valence-corrected chi connectivity index (χ0v) is 17.0. The van der Waals surface area contributed by atoms with Gasteiger partial charge in [-0.1, -0.05) is 36.4 Å². The van der Waals surface area contributed by atoms with Crippen LogP contribution >= 0.6 is 0 Å². The van der Waals surface area contributed by atoms with Gasteiger partial charge in [0.2, 0.25) is 5.76 Å². The second-order valence-electron chi connectivity index (χ2n) is 7.75. The number of esters is 1. The molecule has 29 heavy (non-hydrogen) atoms. The van der Waals surface area contributed by atoms with E-state index in [1.807, 2.05) is 36.4 Å². The number of aryl methyl sites for hydroxylation is 1. The van der Waals surface area contributed by atoms with Gasteiger partial charge in [-0.05, 0) is 25.7 Å². The van der Waals surface area contributed by atoms with Gasteiger partial charge in [0.05, 0.1) is 17.0 Å². The first kappa shape index (κ1) is 19.4. The average molecular weight is 415 g/mol. The third-order valence-electron chi connectivity index (χ3n) is 5.29. The molecule has 1 atom stereocenters. The Hall–Kier alpha value is -2.87. The molecule has 1 N–H and O–H groups in total. The summed E-state index contributed by atoms with van der Waals surface area (Å²) in [4.78, 5) is 24.7. The first-order valence-electron chi connectivity index (χ1n) is 9.27. The van der Waals surface area contributed by atoms with Gasteiger partial charge in [0.1, 0.15) is 5.58 Å². The lowest BCUT2D eigenvalue weighted by atomic mass is 10.0. The molecule has 0 aliphatic carbocycles. The fourth-order valence-electron chi connectivity index (χ4n) is 3.82. The van der Waals surface area contributed by atoms with Crippen molar-refractivity contribution in [2.75, 3.05) is 18.1 Å². The number of hydrogen-bond acceptors (Lipinski definition) is 6. The summed E-state index contributed by atoms with van der Waals surface area (Å²) in [6.45, 7) is 2.93. The van der Waals surface area contributed by atoms with Gasteiger partial charge in [0.15, 0.2) is 16.4 Å². The highest BCUT2D eigenvalue weighted by molar-refractivity contribution is 7.91. The number of fused-ring (bicyclic) bond motifs is 3. The van der Waals surface area contributed by atoms with E-state index < -0.39 is 33.9 Å². The summed E-state index contributed by atoms with van der Waals surface area (Å²) in [5, 5.41) is 5.35. The lowest BCUT2D eigenvalue weighted by Crippen LogP contribution is -2.48. The summed E-state index contributed by atoms with van der Waals surface area (Å²) in [5.74, 6) is -1.30. The van der Waals surface area contributed by atoms with Crippen LogP contribution in [-0.4, -0.2) is 43.9 Å². The molecule has 0 unspecified atom stereocenters. The van der Waals surface area contributed by atoms with Crippen LogP contribution in [0.4, 0.5) is 0 Å². The van der Waals surface area contributed by atoms with Crippen molar-refractivity contribution >= 4 is 43.5 Å². The Morgan fingerprint density at radius 2 is 1.93 bits per heavy atom. The van der Waals surface area contributed by atoms with E-state index in [0.29, 0.717) is 17.6 Å². The van der Waals surface area contributed by atoms with Crippen molar-refractivity contribution in [1.29, 1.82) is 0 Å². The van der Waals surface area contributed by atoms with Crippen LogP contribution in [0.5, 0.6) is 0 Å². The molecule has 3 aromatic rings. The van der Waals surface area contributed by atoms with Crippen LogP contribution in [0.1, 0.15) is 29.5 Å². The first-order valence-corrected chi connectivity index (χ1v) is 11.1. The number of amides is 1. The molecule has 2 aromatic carbocycles. The maximum Gasteiger partial charge on any atom is 0.375 e. The van der Waals surface area contributed by atoms with E-state index in [9.17, 15) is 18.0 Å². The number of rotatable bonds is 4. The Morgan fingerprint density at radius 3 is 2.66 bits per heavy atom. The number of carbonyl (C=O) groups excluding carboxylic acids is 2. The molecule has 0 radical (unpaired) electrons. The Labute approximate surface area is 167 Å². The SMILES string of the molecule is Cc1c(C(=O)OCC(=O)N[C@]2(C)CCS(=O)(=O)C2)oc2c1ccc1ccccc12. The van der Waals surface area contributed by atoms with Gasteiger partial charge in [0.25, 0.3) is 5.91 Å². The van der Waals surface area contributed by atoms with Crippen molar-refractivity contribution in [2.45, 2.75) is 25.8 Å². The zero-order chi connectivity index (χ0) is 20.8. The van der Waals surface area contributed by atoms with E-state index in [1.54, 1.807) is 13.8 Å². The molecule has 0 saturated carbocycles. The van der Waals surface area contributed by atoms with Crippen LogP contribution in [0.3, 0.4) is 0 Å². The van der Waals surface area contributed by atoms with Gasteiger partial charge in [-0.15, -0.1) is 0 Å². The Morgan fingerprint density at radius 1 is 1.17 bits per heavy atom. The van der Waals surface area contributed by atoms with Crippen LogP contribution in [0.15, 0.2) is 40.8 Å². The second kappa shape index (κ2) is 6.88. The van der Waals surface area contributed by atoms with Crippen LogP contribution in [0.2, 0.25) is 0 Å². The molecule has 4 rings (SSSR count). The smallest absolute Gasteiger partial charge is 0.375 e. The lowest BCUT2D eigenvalue weighted by Gasteiger charge is -2.23. The van der Waals surface area contributed by atoms with Gasteiger partial charge in [-0.25, -0.2) is 13.2 Å². The molecular weight excluding hydrogens is 394 g/mol. The van der Waals surface area contributed by atoms with Crippen molar-refractivity contribution in [3.8, 4) is 0 Å². The number of nitrogens with one attached hydrogen (secondary N) is 1. The number of hydrogen-bond donors (Lipinski definition) is 1. The Balaban J connectivity index is 1.49. The minimum atomic E-state index is -3.15. The lowest BCUT2D eigenvalue weighted by molar-refractivity contribution is -0.125. The quantitative estimate of drug-likeness (QED) is 0.658. The molecule has 152 valence electrons. The molecule has 0 bridgehead atoms. The summed E-state index contributed by atoms with van der Waals surface area (Å²) < 4.78 is 34.2. The number of ether oxygens (including phenoxy) is 1. The molecule has 1 aromatic heterocycles. The van der Waals surface area contributed by atoms with E-state index in [-0.39, 0.29) is 17.3 Å². The van der Waals surface area contributed by atoms with Crippen molar-refractivity contribution in [3.63, 3.8) is 0 Å². The third kappa shape index (κ3) is 3.72. The predicted molar refractivity (Wildman–Crippen MR) is 109 cm³/mol. The molecule has 0 spiro atoms. The van der Waals surface area contributed by atoms with Crippen LogP contribution < -0.4 is 5.32 Å². The van der Waals surface area contributed by atoms with Crippen molar-refractivity contribution in [2.24, 2.45) is 0 Å². The van der Waals surface area contributed by atoms with E-state index in [0.717, 1.165) is 16.2 Å². The topological polar surface area (TPSA) is 103 Å². The highest BCUT2D eigenvalue weighted by Gasteiger charge is 2.39. The summed E-state index contributed by atoms with van der Waals surface area (Å²) in [6, 6.07) is 11.5. The van der Waals surface area contributed by atoms with Crippen LogP contribution in [0, 0.1) is 6.92 Å². The molecular formula is C21H21NO6S. The molecule has 2 heterocycles. The number of furan rings is 1. The van der Waals surface area contributed by atoms with Gasteiger partial charge in [0, 0.05) is 16.3 Å². The van der Waals surface area contributed by atoms with Crippen LogP contribution in [0.25, 0.3) is 21.7 Å². The minimum Gasteiger partial charge on any atom is -0.450 e. The molecule has 1 amide bonds. The van der Waals surface area contributed by atoms with E-state index >= 15 is 0 Å². The van der Waals surface area contributed by atoms with Gasteiger partial charge >= 0.3 is 5.97 Å². The predicted octanol–water partition coefficient (Wildman–Crippen LogP) is 2.74. The van der Waals surface area contributed by atoms with Crippen molar-refractivity contribution < 1.29 is 27.2 Å². The average Bonchev–Trinajstić information content (AvgIpc) is 3.15. The molecule has 1 fully saturated rings. The summed E-state index contributed by atoms with van der Waals surface area (Å²) in [6.07, 6.45) is 0.338. The fraction of sp³-hybridized carbons (Fsp3) is 0.333. The second-order valence-corrected chi connectivity index (χ2v) is 9.93. The standard InChI is InChI=1S/C21H21NO6S/c1-13-15-8-7-14-5-3-4-6-16(14)19(15)28-18(13)20(24)27-11-17(23)22-21(2)9-10-29(25,26)12-21/h3-8H,9-12H2,1-2H3,(H,22,23)/t21-/m1/s1. The number of benzene rings is 2. The number of sulfone groups is 1. The third-order valence-corrected chi connectivity index (χ3v) is 7.20. The van der Waals surface area contributed by atoms with Gasteiger partial charge in [-0.3, -0.25) is 4.79 Å². The first-order chi connectivity index (χ1) is 13.7. The molecule has 8 heteroatoms. The van der Waals surface area contributed by atoms with Crippen molar-refractivity contribution in [1.82, 2.24) is 5.32 Å². The highest BCUT2D eigenvalue weighted by Crippen LogP contribution is 2.32. The Bertz CT molecular complexity index is 1240. The number of carbonyl (C=O) groups is 2. The monoisotopic (exact) mass is 415 g/mol. The van der Waals surface area contributed by atoms with Gasteiger partial charge in [-0.2, -0.15) is 0 Å². The van der Waals surface area contributed by atoms with Gasteiger partial charge < -0.3 is 14.5 Å². The molecule has 1 aliphatic heterocycles. The maximum absolute atomic E-state index is 12.5.